The lowest BCUT2D eigenvalue weighted by Gasteiger charge is -2.15. The van der Waals surface area contributed by atoms with Gasteiger partial charge in [0.1, 0.15) is 17.3 Å². The number of hydrogen-bond acceptors (Lipinski definition) is 8. The molecule has 0 spiro atoms. The van der Waals surface area contributed by atoms with Gasteiger partial charge in [0.25, 0.3) is 0 Å². The molecule has 0 radical (unpaired) electrons. The normalized spacial score (nSPS) is 14.5. The van der Waals surface area contributed by atoms with Gasteiger partial charge in [0, 0.05) is 48.4 Å². The number of benzene rings is 1. The van der Waals surface area contributed by atoms with Crippen LogP contribution in [-0.2, 0) is 4.74 Å². The van der Waals surface area contributed by atoms with Crippen molar-refractivity contribution in [2.24, 2.45) is 10.7 Å². The fourth-order valence-electron chi connectivity index (χ4n) is 2.64. The molecule has 2 aromatic rings. The van der Waals surface area contributed by atoms with E-state index in [1.165, 1.54) is 0 Å². The van der Waals surface area contributed by atoms with Gasteiger partial charge < -0.3 is 25.8 Å². The van der Waals surface area contributed by atoms with E-state index in [1.807, 2.05) is 38.2 Å². The average Bonchev–Trinajstić information content (AvgIpc) is 2.67. The number of anilines is 3. The first-order valence-corrected chi connectivity index (χ1v) is 8.67. The monoisotopic (exact) mass is 368 g/mol. The van der Waals surface area contributed by atoms with E-state index in [2.05, 4.69) is 25.6 Å². The fraction of sp³-hybridized carbons (Fsp3) is 0.316. The Kier molecular flexibility index (Phi) is 5.87. The van der Waals surface area contributed by atoms with Gasteiger partial charge in [-0.2, -0.15) is 4.98 Å². The smallest absolute Gasteiger partial charge is 0.229 e. The molecule has 27 heavy (non-hydrogen) atoms. The predicted octanol–water partition coefficient (Wildman–Crippen LogP) is 2.91. The van der Waals surface area contributed by atoms with Gasteiger partial charge in [-0.3, -0.25) is 4.99 Å². The van der Waals surface area contributed by atoms with Crippen molar-refractivity contribution in [2.45, 2.75) is 13.3 Å². The molecule has 8 nitrogen and oxygen atoms in total. The van der Waals surface area contributed by atoms with Gasteiger partial charge in [-0.15, -0.1) is 0 Å². The molecule has 1 aliphatic heterocycles. The van der Waals surface area contributed by atoms with Crippen molar-refractivity contribution in [3.05, 3.63) is 41.2 Å². The Morgan fingerprint density at radius 3 is 2.89 bits per heavy atom. The largest absolute Gasteiger partial charge is 0.494 e. The Hall–Kier alpha value is -3.13. The first-order chi connectivity index (χ1) is 13.1. The molecule has 3 rings (SSSR count). The minimum Gasteiger partial charge on any atom is -0.494 e. The van der Waals surface area contributed by atoms with Crippen molar-refractivity contribution in [1.82, 2.24) is 9.97 Å². The molecule has 2 heterocycles. The summed E-state index contributed by atoms with van der Waals surface area (Å²) in [5.41, 5.74) is 10.1. The number of aromatic nitrogens is 2. The van der Waals surface area contributed by atoms with E-state index in [4.69, 9.17) is 15.2 Å². The number of methoxy groups -OCH3 is 1. The highest BCUT2D eigenvalue weighted by Gasteiger charge is 2.10. The zero-order chi connectivity index (χ0) is 19.2. The third-order valence-corrected chi connectivity index (χ3v) is 4.09. The second-order valence-electron chi connectivity index (χ2n) is 6.09. The standard InChI is InChI=1S/C19H24N6O2/c1-12-8-18(21-2)25-19(23-12)24-14-4-5-17(26-3)16(9-14)22-10-13-11-27-7-6-15(13)20/h4-5,8-10H,6-7,11,20H2,1-3H3,(H2,21,23,24,25). The third-order valence-electron chi connectivity index (χ3n) is 4.09. The highest BCUT2D eigenvalue weighted by atomic mass is 16.5. The van der Waals surface area contributed by atoms with Gasteiger partial charge in [0.15, 0.2) is 0 Å². The number of ether oxygens (including phenoxy) is 2. The summed E-state index contributed by atoms with van der Waals surface area (Å²) in [6.07, 6.45) is 2.46. The van der Waals surface area contributed by atoms with Gasteiger partial charge >= 0.3 is 0 Å². The quantitative estimate of drug-likeness (QED) is 0.673. The van der Waals surface area contributed by atoms with E-state index in [9.17, 15) is 0 Å². The molecule has 0 amide bonds. The molecule has 0 bridgehead atoms. The maximum absolute atomic E-state index is 6.03. The maximum atomic E-state index is 6.03. The number of hydrogen-bond donors (Lipinski definition) is 3. The number of aryl methyl sites for hydroxylation is 1. The van der Waals surface area contributed by atoms with Crippen molar-refractivity contribution in [3.63, 3.8) is 0 Å². The van der Waals surface area contributed by atoms with Crippen molar-refractivity contribution < 1.29 is 9.47 Å². The summed E-state index contributed by atoms with van der Waals surface area (Å²) in [5.74, 6) is 1.91. The topological polar surface area (TPSA) is 107 Å². The van der Waals surface area contributed by atoms with Crippen LogP contribution in [0.1, 0.15) is 12.1 Å². The molecule has 0 saturated heterocycles. The number of nitrogens with one attached hydrogen (secondary N) is 2. The van der Waals surface area contributed by atoms with Crippen molar-refractivity contribution in [2.75, 3.05) is 38.0 Å². The molecular formula is C19H24N6O2. The van der Waals surface area contributed by atoms with Crippen LogP contribution in [0.4, 0.5) is 23.1 Å². The Bertz CT molecular complexity index is 878. The molecule has 0 saturated carbocycles. The SMILES string of the molecule is CNc1cc(C)nc(Nc2ccc(OC)c(N=CC3=C(N)CCOC3)c2)n1. The zero-order valence-corrected chi connectivity index (χ0v) is 15.7. The summed E-state index contributed by atoms with van der Waals surface area (Å²) < 4.78 is 10.8. The molecule has 0 unspecified atom stereocenters. The Labute approximate surface area is 158 Å². The molecule has 4 N–H and O–H groups in total. The van der Waals surface area contributed by atoms with Gasteiger partial charge in [-0.05, 0) is 25.1 Å². The number of aliphatic imine (C=N–C) groups is 1. The Morgan fingerprint density at radius 1 is 1.30 bits per heavy atom. The van der Waals surface area contributed by atoms with E-state index in [0.717, 1.165) is 34.9 Å². The first-order valence-electron chi connectivity index (χ1n) is 8.67. The third kappa shape index (κ3) is 4.73. The summed E-state index contributed by atoms with van der Waals surface area (Å²) in [5, 5.41) is 6.23. The fourth-order valence-corrected chi connectivity index (χ4v) is 2.64. The van der Waals surface area contributed by atoms with Crippen molar-refractivity contribution in [1.29, 1.82) is 0 Å². The van der Waals surface area contributed by atoms with Gasteiger partial charge in [-0.1, -0.05) is 0 Å². The van der Waals surface area contributed by atoms with E-state index in [1.54, 1.807) is 13.3 Å². The summed E-state index contributed by atoms with van der Waals surface area (Å²) in [4.78, 5) is 13.4. The molecule has 1 aliphatic rings. The van der Waals surface area contributed by atoms with Crippen LogP contribution in [-0.4, -0.2) is 43.6 Å². The summed E-state index contributed by atoms with van der Waals surface area (Å²) in [7, 11) is 3.43. The minimum absolute atomic E-state index is 0.472. The van der Waals surface area contributed by atoms with E-state index in [-0.39, 0.29) is 0 Å². The first kappa shape index (κ1) is 18.7. The predicted molar refractivity (Wildman–Crippen MR) is 107 cm³/mol. The molecule has 0 atom stereocenters. The van der Waals surface area contributed by atoms with E-state index in [0.29, 0.717) is 30.6 Å². The van der Waals surface area contributed by atoms with Crippen LogP contribution >= 0.6 is 0 Å². The lowest BCUT2D eigenvalue weighted by molar-refractivity contribution is 0.150. The maximum Gasteiger partial charge on any atom is 0.229 e. The second-order valence-corrected chi connectivity index (χ2v) is 6.09. The second kappa shape index (κ2) is 8.50. The summed E-state index contributed by atoms with van der Waals surface area (Å²) >= 11 is 0. The van der Waals surface area contributed by atoms with Crippen LogP contribution < -0.4 is 21.1 Å². The van der Waals surface area contributed by atoms with Crippen LogP contribution in [0.15, 0.2) is 40.5 Å². The van der Waals surface area contributed by atoms with Crippen LogP contribution in [0.5, 0.6) is 5.75 Å². The number of rotatable bonds is 6. The highest BCUT2D eigenvalue weighted by Crippen LogP contribution is 2.31. The molecule has 8 heteroatoms. The van der Waals surface area contributed by atoms with E-state index >= 15 is 0 Å². The lowest BCUT2D eigenvalue weighted by Crippen LogP contribution is -2.17. The highest BCUT2D eigenvalue weighted by molar-refractivity contribution is 5.84. The summed E-state index contributed by atoms with van der Waals surface area (Å²) in [6.45, 7) is 3.04. The summed E-state index contributed by atoms with van der Waals surface area (Å²) in [6, 6.07) is 7.48. The van der Waals surface area contributed by atoms with Crippen LogP contribution in [0.2, 0.25) is 0 Å². The molecule has 0 aliphatic carbocycles. The Morgan fingerprint density at radius 2 is 2.15 bits per heavy atom. The Balaban J connectivity index is 1.86. The zero-order valence-electron chi connectivity index (χ0n) is 15.7. The van der Waals surface area contributed by atoms with Gasteiger partial charge in [0.05, 0.1) is 20.3 Å². The molecular weight excluding hydrogens is 344 g/mol. The van der Waals surface area contributed by atoms with Crippen molar-refractivity contribution >= 4 is 29.4 Å². The van der Waals surface area contributed by atoms with Crippen LogP contribution in [0.3, 0.4) is 0 Å². The molecule has 1 aromatic carbocycles. The van der Waals surface area contributed by atoms with Crippen LogP contribution in [0.25, 0.3) is 0 Å². The lowest BCUT2D eigenvalue weighted by atomic mass is 10.1. The van der Waals surface area contributed by atoms with Gasteiger partial charge in [-0.25, -0.2) is 4.98 Å². The molecule has 0 fully saturated rings. The molecule has 142 valence electrons. The van der Waals surface area contributed by atoms with Crippen LogP contribution in [0, 0.1) is 6.92 Å². The van der Waals surface area contributed by atoms with Gasteiger partial charge in [0.2, 0.25) is 5.95 Å². The number of nitrogens with two attached hydrogens (primary N) is 1. The van der Waals surface area contributed by atoms with Crippen molar-refractivity contribution in [3.8, 4) is 5.75 Å². The average molecular weight is 368 g/mol. The number of nitrogens with zero attached hydrogens (tertiary/aromatic N) is 3. The van der Waals surface area contributed by atoms with E-state index < -0.39 is 0 Å². The molecule has 1 aromatic heterocycles. The minimum atomic E-state index is 0.472.